The van der Waals surface area contributed by atoms with Gasteiger partial charge in [0.1, 0.15) is 4.32 Å². The average Bonchev–Trinajstić information content (AvgIpc) is 2.14. The van der Waals surface area contributed by atoms with Crippen molar-refractivity contribution >= 4 is 28.3 Å². The van der Waals surface area contributed by atoms with Gasteiger partial charge in [-0.3, -0.25) is 0 Å². The summed E-state index contributed by atoms with van der Waals surface area (Å²) < 4.78 is 0.809. The van der Waals surface area contributed by atoms with Crippen LogP contribution in [0.15, 0.2) is 0 Å². The van der Waals surface area contributed by atoms with Gasteiger partial charge in [0, 0.05) is 5.75 Å². The minimum absolute atomic E-state index is 0.188. The first kappa shape index (κ1) is 6.32. The van der Waals surface area contributed by atoms with Crippen LogP contribution >= 0.6 is 24.0 Å². The van der Waals surface area contributed by atoms with E-state index in [9.17, 15) is 0 Å². The summed E-state index contributed by atoms with van der Waals surface area (Å²) in [6.45, 7) is 0.188. The van der Waals surface area contributed by atoms with E-state index in [1.54, 1.807) is 11.8 Å². The summed E-state index contributed by atoms with van der Waals surface area (Å²) in [6.07, 6.45) is 0. The molecule has 1 aliphatic heterocycles. The van der Waals surface area contributed by atoms with Crippen LogP contribution in [0.1, 0.15) is 0 Å². The van der Waals surface area contributed by atoms with Crippen LogP contribution in [0.3, 0.4) is 0 Å². The van der Waals surface area contributed by atoms with Crippen molar-refractivity contribution in [3.63, 3.8) is 0 Å². The van der Waals surface area contributed by atoms with E-state index >= 15 is 0 Å². The van der Waals surface area contributed by atoms with Crippen molar-refractivity contribution in [2.75, 3.05) is 12.4 Å². The van der Waals surface area contributed by atoms with Crippen molar-refractivity contribution in [2.24, 2.45) is 0 Å². The second kappa shape index (κ2) is 2.66. The first-order valence-corrected chi connectivity index (χ1v) is 3.76. The average molecular weight is 149 g/mol. The van der Waals surface area contributed by atoms with Gasteiger partial charge in [-0.1, -0.05) is 24.0 Å². The Kier molecular flexibility index (Phi) is 2.10. The lowest BCUT2D eigenvalue weighted by Gasteiger charge is -2.01. The molecule has 1 aliphatic rings. The third kappa shape index (κ3) is 1.34. The smallest absolute Gasteiger partial charge is 0.134 e. The Morgan fingerprint density at radius 1 is 2.00 bits per heavy atom. The summed E-state index contributed by atoms with van der Waals surface area (Å²) >= 11 is 6.39. The van der Waals surface area contributed by atoms with Crippen LogP contribution in [0.2, 0.25) is 0 Å². The number of rotatable bonds is 1. The highest BCUT2D eigenvalue weighted by Crippen LogP contribution is 2.12. The van der Waals surface area contributed by atoms with Gasteiger partial charge in [-0.15, -0.1) is 0 Å². The van der Waals surface area contributed by atoms with Crippen LogP contribution in [0.4, 0.5) is 0 Å². The monoisotopic (exact) mass is 149 g/mol. The van der Waals surface area contributed by atoms with Crippen LogP contribution in [0.25, 0.3) is 0 Å². The SMILES string of the molecule is OCC1CSC(=S)N1. The molecule has 1 atom stereocenters. The molecule has 0 bridgehead atoms. The molecule has 8 heavy (non-hydrogen) atoms. The van der Waals surface area contributed by atoms with Crippen molar-refractivity contribution in [3.05, 3.63) is 0 Å². The highest BCUT2D eigenvalue weighted by atomic mass is 32.2. The molecular formula is C4H7NOS2. The minimum Gasteiger partial charge on any atom is -0.394 e. The highest BCUT2D eigenvalue weighted by Gasteiger charge is 2.16. The summed E-state index contributed by atoms with van der Waals surface area (Å²) in [7, 11) is 0. The third-order valence-electron chi connectivity index (χ3n) is 0.958. The van der Waals surface area contributed by atoms with Gasteiger partial charge in [0.05, 0.1) is 12.6 Å². The Labute approximate surface area is 57.7 Å². The number of nitrogens with one attached hydrogen (secondary N) is 1. The lowest BCUT2D eigenvalue weighted by atomic mass is 10.4. The fourth-order valence-electron chi connectivity index (χ4n) is 0.525. The zero-order valence-electron chi connectivity index (χ0n) is 4.26. The number of aliphatic hydroxyl groups is 1. The Bertz CT molecular complexity index is 106. The molecule has 1 unspecified atom stereocenters. The Hall–Kier alpha value is 0.200. The topological polar surface area (TPSA) is 32.3 Å². The molecule has 0 aromatic carbocycles. The van der Waals surface area contributed by atoms with Crippen LogP contribution in [-0.4, -0.2) is 27.8 Å². The van der Waals surface area contributed by atoms with E-state index in [4.69, 9.17) is 17.3 Å². The molecular weight excluding hydrogens is 142 g/mol. The molecule has 0 saturated carbocycles. The second-order valence-corrected chi connectivity index (χ2v) is 3.32. The standard InChI is InChI=1S/C4H7NOS2/c6-1-3-2-8-4(7)5-3/h3,6H,1-2H2,(H,5,7). The van der Waals surface area contributed by atoms with E-state index in [1.165, 1.54) is 0 Å². The molecule has 2 nitrogen and oxygen atoms in total. The molecule has 0 aromatic rings. The van der Waals surface area contributed by atoms with Crippen LogP contribution < -0.4 is 5.32 Å². The summed E-state index contributed by atoms with van der Waals surface area (Å²) in [5, 5.41) is 11.5. The predicted molar refractivity (Wildman–Crippen MR) is 39.1 cm³/mol. The summed E-state index contributed by atoms with van der Waals surface area (Å²) in [4.78, 5) is 0. The van der Waals surface area contributed by atoms with E-state index < -0.39 is 0 Å². The van der Waals surface area contributed by atoms with Crippen molar-refractivity contribution in [1.29, 1.82) is 0 Å². The van der Waals surface area contributed by atoms with Crippen LogP contribution in [-0.2, 0) is 0 Å². The van der Waals surface area contributed by atoms with Gasteiger partial charge in [-0.05, 0) is 0 Å². The molecule has 0 radical (unpaired) electrons. The molecule has 0 aromatic heterocycles. The van der Waals surface area contributed by atoms with Crippen molar-refractivity contribution < 1.29 is 5.11 Å². The molecule has 0 amide bonds. The molecule has 4 heteroatoms. The molecule has 2 N–H and O–H groups in total. The summed E-state index contributed by atoms with van der Waals surface area (Å²) in [6, 6.07) is 0.201. The van der Waals surface area contributed by atoms with E-state index in [2.05, 4.69) is 5.32 Å². The molecule has 46 valence electrons. The minimum atomic E-state index is 0.188. The van der Waals surface area contributed by atoms with Gasteiger partial charge in [-0.2, -0.15) is 0 Å². The maximum atomic E-state index is 8.55. The first-order valence-electron chi connectivity index (χ1n) is 2.37. The molecule has 1 saturated heterocycles. The van der Waals surface area contributed by atoms with Crippen molar-refractivity contribution in [2.45, 2.75) is 6.04 Å². The van der Waals surface area contributed by atoms with E-state index in [1.807, 2.05) is 0 Å². The van der Waals surface area contributed by atoms with Gasteiger partial charge in [0.25, 0.3) is 0 Å². The lowest BCUT2D eigenvalue weighted by Crippen LogP contribution is -2.29. The normalized spacial score (nSPS) is 28.1. The predicted octanol–water partition coefficient (Wildman–Crippen LogP) is -0.0314. The van der Waals surface area contributed by atoms with Crippen LogP contribution in [0, 0.1) is 0 Å². The van der Waals surface area contributed by atoms with Gasteiger partial charge in [0.15, 0.2) is 0 Å². The largest absolute Gasteiger partial charge is 0.394 e. The van der Waals surface area contributed by atoms with E-state index in [-0.39, 0.29) is 12.6 Å². The van der Waals surface area contributed by atoms with Gasteiger partial charge < -0.3 is 10.4 Å². The summed E-state index contributed by atoms with van der Waals surface area (Å²) in [5.74, 6) is 0.912. The zero-order chi connectivity index (χ0) is 5.98. The van der Waals surface area contributed by atoms with Crippen LogP contribution in [0.5, 0.6) is 0 Å². The Morgan fingerprint density at radius 2 is 2.75 bits per heavy atom. The number of thiocarbonyl (C=S) groups is 1. The number of hydrogen-bond donors (Lipinski definition) is 2. The summed E-state index contributed by atoms with van der Waals surface area (Å²) in [5.41, 5.74) is 0. The fraction of sp³-hybridized carbons (Fsp3) is 0.750. The lowest BCUT2D eigenvalue weighted by molar-refractivity contribution is 0.268. The number of hydrogen-bond acceptors (Lipinski definition) is 3. The van der Waals surface area contributed by atoms with Crippen molar-refractivity contribution in [3.8, 4) is 0 Å². The maximum absolute atomic E-state index is 8.55. The maximum Gasteiger partial charge on any atom is 0.134 e. The van der Waals surface area contributed by atoms with Gasteiger partial charge in [-0.25, -0.2) is 0 Å². The molecule has 0 aliphatic carbocycles. The molecule has 0 spiro atoms. The van der Waals surface area contributed by atoms with Gasteiger partial charge >= 0.3 is 0 Å². The van der Waals surface area contributed by atoms with Crippen molar-refractivity contribution in [1.82, 2.24) is 5.32 Å². The first-order chi connectivity index (χ1) is 3.83. The van der Waals surface area contributed by atoms with Gasteiger partial charge in [0.2, 0.25) is 0 Å². The molecule has 1 fully saturated rings. The van der Waals surface area contributed by atoms with E-state index in [0.717, 1.165) is 10.1 Å². The highest BCUT2D eigenvalue weighted by molar-refractivity contribution is 8.23. The zero-order valence-corrected chi connectivity index (χ0v) is 5.89. The molecule has 1 rings (SSSR count). The third-order valence-corrected chi connectivity index (χ3v) is 2.38. The fourth-order valence-corrected chi connectivity index (χ4v) is 1.69. The Morgan fingerprint density at radius 3 is 3.00 bits per heavy atom. The van der Waals surface area contributed by atoms with E-state index in [0.29, 0.717) is 0 Å². The number of thioether (sulfide) groups is 1. The number of aliphatic hydroxyl groups excluding tert-OH is 1. The molecule has 1 heterocycles. The Balaban J connectivity index is 2.32. The second-order valence-electron chi connectivity index (χ2n) is 1.62. The quantitative estimate of drug-likeness (QED) is 0.513.